The standard InChI is InChI=1S/C15H16N2O2/c1-11(18)17-14-5-3-2-4-13(14)15(10-16)8-6-12(19)7-9-15/h2-5H,6-9H2,1H3,(H,17,18). The number of carbonyl (C=O) groups excluding carboxylic acids is 2. The molecule has 19 heavy (non-hydrogen) atoms. The third-order valence-corrected chi connectivity index (χ3v) is 3.63. The minimum Gasteiger partial charge on any atom is -0.326 e. The molecule has 0 unspecified atom stereocenters. The van der Waals surface area contributed by atoms with E-state index in [1.807, 2.05) is 18.2 Å². The van der Waals surface area contributed by atoms with Gasteiger partial charge in [0.15, 0.2) is 0 Å². The number of nitrogens with zero attached hydrogens (tertiary/aromatic N) is 1. The Labute approximate surface area is 112 Å². The van der Waals surface area contributed by atoms with Gasteiger partial charge in [-0.15, -0.1) is 0 Å². The van der Waals surface area contributed by atoms with Crippen molar-refractivity contribution in [3.05, 3.63) is 29.8 Å². The lowest BCUT2D eigenvalue weighted by Gasteiger charge is -2.32. The number of Topliss-reactive ketones (excluding diaryl/α,β-unsaturated/α-hetero) is 1. The van der Waals surface area contributed by atoms with Gasteiger partial charge in [0.2, 0.25) is 5.91 Å². The summed E-state index contributed by atoms with van der Waals surface area (Å²) >= 11 is 0. The molecule has 0 spiro atoms. The van der Waals surface area contributed by atoms with E-state index in [1.165, 1.54) is 6.92 Å². The largest absolute Gasteiger partial charge is 0.326 e. The molecule has 4 heteroatoms. The first-order valence-electron chi connectivity index (χ1n) is 6.37. The molecule has 0 saturated heterocycles. The fourth-order valence-electron chi connectivity index (χ4n) is 2.60. The minimum absolute atomic E-state index is 0.160. The number of carbonyl (C=O) groups is 2. The third kappa shape index (κ3) is 2.65. The Balaban J connectivity index is 2.41. The molecule has 0 atom stereocenters. The van der Waals surface area contributed by atoms with Gasteiger partial charge in [-0.3, -0.25) is 9.59 Å². The van der Waals surface area contributed by atoms with E-state index in [9.17, 15) is 14.9 Å². The molecule has 0 radical (unpaired) electrons. The van der Waals surface area contributed by atoms with Gasteiger partial charge in [-0.25, -0.2) is 0 Å². The van der Waals surface area contributed by atoms with Crippen LogP contribution >= 0.6 is 0 Å². The van der Waals surface area contributed by atoms with E-state index >= 15 is 0 Å². The molecule has 1 aromatic rings. The highest BCUT2D eigenvalue weighted by molar-refractivity contribution is 5.90. The zero-order chi connectivity index (χ0) is 13.9. The van der Waals surface area contributed by atoms with Gasteiger partial charge in [0, 0.05) is 25.5 Å². The van der Waals surface area contributed by atoms with Crippen molar-refractivity contribution in [3.8, 4) is 6.07 Å². The van der Waals surface area contributed by atoms with Crippen LogP contribution in [0.5, 0.6) is 0 Å². The lowest BCUT2D eigenvalue weighted by atomic mass is 9.69. The van der Waals surface area contributed by atoms with Crippen LogP contribution in [0.4, 0.5) is 5.69 Å². The molecule has 0 bridgehead atoms. The molecule has 98 valence electrons. The monoisotopic (exact) mass is 256 g/mol. The molecule has 0 aromatic heterocycles. The average molecular weight is 256 g/mol. The van der Waals surface area contributed by atoms with E-state index in [0.29, 0.717) is 31.4 Å². The summed E-state index contributed by atoms with van der Waals surface area (Å²) in [6.45, 7) is 1.44. The van der Waals surface area contributed by atoms with Crippen molar-refractivity contribution < 1.29 is 9.59 Å². The number of anilines is 1. The number of nitriles is 1. The molecule has 1 aliphatic rings. The van der Waals surface area contributed by atoms with Gasteiger partial charge in [0.05, 0.1) is 11.5 Å². The summed E-state index contributed by atoms with van der Waals surface area (Å²) < 4.78 is 0. The second kappa shape index (κ2) is 5.23. The summed E-state index contributed by atoms with van der Waals surface area (Å²) in [5, 5.41) is 12.3. The summed E-state index contributed by atoms with van der Waals surface area (Å²) in [5.41, 5.74) is 0.832. The van der Waals surface area contributed by atoms with Crippen LogP contribution in [0.2, 0.25) is 0 Å². The van der Waals surface area contributed by atoms with Gasteiger partial charge in [-0.2, -0.15) is 5.26 Å². The smallest absolute Gasteiger partial charge is 0.221 e. The number of ketones is 1. The Bertz CT molecular complexity index is 548. The first kappa shape index (κ1) is 13.3. The van der Waals surface area contributed by atoms with E-state index in [-0.39, 0.29) is 11.7 Å². The zero-order valence-electron chi connectivity index (χ0n) is 10.9. The molecule has 0 heterocycles. The van der Waals surface area contributed by atoms with E-state index < -0.39 is 5.41 Å². The van der Waals surface area contributed by atoms with Crippen LogP contribution in [0.15, 0.2) is 24.3 Å². The lowest BCUT2D eigenvalue weighted by molar-refractivity contribution is -0.121. The van der Waals surface area contributed by atoms with Crippen LogP contribution in [-0.2, 0) is 15.0 Å². The van der Waals surface area contributed by atoms with Crippen LogP contribution in [0.25, 0.3) is 0 Å². The van der Waals surface area contributed by atoms with Crippen LogP contribution in [-0.4, -0.2) is 11.7 Å². The Kier molecular flexibility index (Phi) is 3.66. The van der Waals surface area contributed by atoms with Crippen molar-refractivity contribution in [1.29, 1.82) is 5.26 Å². The minimum atomic E-state index is -0.660. The van der Waals surface area contributed by atoms with Crippen molar-refractivity contribution in [2.45, 2.75) is 38.0 Å². The topological polar surface area (TPSA) is 70.0 Å². The van der Waals surface area contributed by atoms with Crippen LogP contribution in [0.1, 0.15) is 38.2 Å². The fourth-order valence-corrected chi connectivity index (χ4v) is 2.60. The van der Waals surface area contributed by atoms with E-state index in [4.69, 9.17) is 0 Å². The highest BCUT2D eigenvalue weighted by Gasteiger charge is 2.38. The summed E-state index contributed by atoms with van der Waals surface area (Å²) in [5.74, 6) is 0.0512. The highest BCUT2D eigenvalue weighted by atomic mass is 16.1. The molecular weight excluding hydrogens is 240 g/mol. The lowest BCUT2D eigenvalue weighted by Crippen LogP contribution is -2.31. The van der Waals surface area contributed by atoms with Crippen molar-refractivity contribution >= 4 is 17.4 Å². The molecule has 4 nitrogen and oxygen atoms in total. The Hall–Kier alpha value is -2.15. The summed E-state index contributed by atoms with van der Waals surface area (Å²) in [6.07, 6.45) is 1.92. The number of hydrogen-bond donors (Lipinski definition) is 1. The molecule has 1 aromatic carbocycles. The molecule has 1 aliphatic carbocycles. The van der Waals surface area contributed by atoms with Gasteiger partial charge in [0.1, 0.15) is 5.78 Å². The van der Waals surface area contributed by atoms with Gasteiger partial charge < -0.3 is 5.32 Å². The summed E-state index contributed by atoms with van der Waals surface area (Å²) in [6, 6.07) is 9.71. The van der Waals surface area contributed by atoms with Crippen LogP contribution in [0, 0.1) is 11.3 Å². The van der Waals surface area contributed by atoms with Gasteiger partial charge in [-0.05, 0) is 24.5 Å². The number of nitrogens with one attached hydrogen (secondary N) is 1. The van der Waals surface area contributed by atoms with E-state index in [0.717, 1.165) is 5.56 Å². The quantitative estimate of drug-likeness (QED) is 0.884. The molecule has 1 amide bonds. The predicted molar refractivity (Wildman–Crippen MR) is 71.5 cm³/mol. The van der Waals surface area contributed by atoms with Crippen molar-refractivity contribution in [2.75, 3.05) is 5.32 Å². The maximum Gasteiger partial charge on any atom is 0.221 e. The fraction of sp³-hybridized carbons (Fsp3) is 0.400. The van der Waals surface area contributed by atoms with Crippen molar-refractivity contribution in [2.24, 2.45) is 0 Å². The Morgan fingerprint density at radius 3 is 2.53 bits per heavy atom. The van der Waals surface area contributed by atoms with Crippen molar-refractivity contribution in [3.63, 3.8) is 0 Å². The zero-order valence-corrected chi connectivity index (χ0v) is 10.9. The van der Waals surface area contributed by atoms with E-state index in [2.05, 4.69) is 11.4 Å². The SMILES string of the molecule is CC(=O)Nc1ccccc1C1(C#N)CCC(=O)CC1. The maximum absolute atomic E-state index is 11.4. The second-order valence-electron chi connectivity index (χ2n) is 4.96. The molecule has 0 aliphatic heterocycles. The van der Waals surface area contributed by atoms with Gasteiger partial charge in [0.25, 0.3) is 0 Å². The van der Waals surface area contributed by atoms with Crippen LogP contribution in [0.3, 0.4) is 0 Å². The number of para-hydroxylation sites is 1. The Morgan fingerprint density at radius 2 is 1.95 bits per heavy atom. The van der Waals surface area contributed by atoms with E-state index in [1.54, 1.807) is 6.07 Å². The average Bonchev–Trinajstić information content (AvgIpc) is 2.40. The second-order valence-corrected chi connectivity index (χ2v) is 4.96. The molecule has 1 N–H and O–H groups in total. The molecule has 2 rings (SSSR count). The Morgan fingerprint density at radius 1 is 1.32 bits per heavy atom. The molecule has 1 saturated carbocycles. The van der Waals surface area contributed by atoms with Gasteiger partial charge >= 0.3 is 0 Å². The molecular formula is C15H16N2O2. The van der Waals surface area contributed by atoms with Crippen LogP contribution < -0.4 is 5.32 Å². The van der Waals surface area contributed by atoms with Gasteiger partial charge in [-0.1, -0.05) is 18.2 Å². The predicted octanol–water partition coefficient (Wildman–Crippen LogP) is 2.55. The normalized spacial score (nSPS) is 17.6. The number of hydrogen-bond acceptors (Lipinski definition) is 3. The third-order valence-electron chi connectivity index (χ3n) is 3.63. The molecule has 1 fully saturated rings. The first-order valence-corrected chi connectivity index (χ1v) is 6.37. The summed E-state index contributed by atoms with van der Waals surface area (Å²) in [4.78, 5) is 22.6. The number of benzene rings is 1. The maximum atomic E-state index is 11.4. The van der Waals surface area contributed by atoms with Crippen molar-refractivity contribution in [1.82, 2.24) is 0 Å². The highest BCUT2D eigenvalue weighted by Crippen LogP contribution is 2.41. The number of amides is 1. The summed E-state index contributed by atoms with van der Waals surface area (Å²) in [7, 11) is 0. The number of rotatable bonds is 2. The first-order chi connectivity index (χ1) is 9.07.